The van der Waals surface area contributed by atoms with Crippen LogP contribution in [-0.2, 0) is 10.0 Å². The van der Waals surface area contributed by atoms with Crippen molar-refractivity contribution in [2.24, 2.45) is 0 Å². The fraction of sp³-hybridized carbons (Fsp3) is 0.273. The standard InChI is InChI=1S/C22H25N5O5S/c1-4-12-23-33(31,32)16-9-7-8-15(13-16)20(28)24-25-21(29)19-17-10-5-6-11-18(17)22(30)27(26-19)14(2)3/h5-11,13-14,23H,4,12H2,1-3H3,(H,24,28)(H,25,29). The van der Waals surface area contributed by atoms with E-state index >= 15 is 0 Å². The number of nitrogens with one attached hydrogen (secondary N) is 3. The van der Waals surface area contributed by atoms with E-state index in [2.05, 4.69) is 20.7 Å². The minimum absolute atomic E-state index is 0.0284. The third-order valence-corrected chi connectivity index (χ3v) is 6.23. The van der Waals surface area contributed by atoms with Crippen molar-refractivity contribution in [1.29, 1.82) is 0 Å². The number of nitrogens with zero attached hydrogens (tertiary/aromatic N) is 2. The van der Waals surface area contributed by atoms with Crippen LogP contribution in [0.1, 0.15) is 54.1 Å². The first-order valence-corrected chi connectivity index (χ1v) is 11.9. The Morgan fingerprint density at radius 3 is 2.33 bits per heavy atom. The predicted octanol–water partition coefficient (Wildman–Crippen LogP) is 1.74. The van der Waals surface area contributed by atoms with Gasteiger partial charge in [-0.25, -0.2) is 17.8 Å². The second kappa shape index (κ2) is 9.92. The van der Waals surface area contributed by atoms with E-state index in [4.69, 9.17) is 0 Å². The number of hydrogen-bond acceptors (Lipinski definition) is 6. The summed E-state index contributed by atoms with van der Waals surface area (Å²) in [6, 6.07) is 11.7. The van der Waals surface area contributed by atoms with Crippen LogP contribution in [0.5, 0.6) is 0 Å². The Morgan fingerprint density at radius 2 is 1.67 bits per heavy atom. The summed E-state index contributed by atoms with van der Waals surface area (Å²) >= 11 is 0. The maximum absolute atomic E-state index is 12.8. The van der Waals surface area contributed by atoms with Gasteiger partial charge in [-0.05, 0) is 44.5 Å². The molecule has 0 atom stereocenters. The lowest BCUT2D eigenvalue weighted by molar-refractivity contribution is 0.0843. The molecular formula is C22H25N5O5S. The molecule has 1 aromatic heterocycles. The fourth-order valence-electron chi connectivity index (χ4n) is 3.09. The summed E-state index contributed by atoms with van der Waals surface area (Å²) in [7, 11) is -3.75. The molecule has 2 aromatic carbocycles. The number of carbonyl (C=O) groups excluding carboxylic acids is 2. The summed E-state index contributed by atoms with van der Waals surface area (Å²) in [6.07, 6.45) is 0.623. The minimum Gasteiger partial charge on any atom is -0.267 e. The zero-order valence-corrected chi connectivity index (χ0v) is 19.3. The van der Waals surface area contributed by atoms with Gasteiger partial charge in [-0.15, -0.1) is 0 Å². The summed E-state index contributed by atoms with van der Waals surface area (Å²) in [5.41, 5.74) is 4.24. The highest BCUT2D eigenvalue weighted by atomic mass is 32.2. The van der Waals surface area contributed by atoms with Gasteiger partial charge in [0.25, 0.3) is 17.4 Å². The average Bonchev–Trinajstić information content (AvgIpc) is 2.81. The van der Waals surface area contributed by atoms with E-state index in [1.807, 2.05) is 6.92 Å². The van der Waals surface area contributed by atoms with Gasteiger partial charge < -0.3 is 0 Å². The quantitative estimate of drug-likeness (QED) is 0.449. The van der Waals surface area contributed by atoms with Crippen LogP contribution in [0.15, 0.2) is 58.2 Å². The molecule has 174 valence electrons. The van der Waals surface area contributed by atoms with E-state index in [-0.39, 0.29) is 34.3 Å². The topological polar surface area (TPSA) is 139 Å². The van der Waals surface area contributed by atoms with Crippen LogP contribution in [0.3, 0.4) is 0 Å². The molecule has 0 bridgehead atoms. The Bertz CT molecular complexity index is 1370. The van der Waals surface area contributed by atoms with E-state index in [1.54, 1.807) is 38.1 Å². The summed E-state index contributed by atoms with van der Waals surface area (Å²) < 4.78 is 28.3. The lowest BCUT2D eigenvalue weighted by atomic mass is 10.1. The molecule has 10 nitrogen and oxygen atoms in total. The van der Waals surface area contributed by atoms with Crippen molar-refractivity contribution in [3.05, 3.63) is 70.1 Å². The second-order valence-electron chi connectivity index (χ2n) is 7.57. The molecule has 1 heterocycles. The minimum atomic E-state index is -3.75. The smallest absolute Gasteiger partial charge is 0.267 e. The average molecular weight is 472 g/mol. The van der Waals surface area contributed by atoms with Crippen molar-refractivity contribution in [3.8, 4) is 0 Å². The molecule has 3 N–H and O–H groups in total. The molecule has 33 heavy (non-hydrogen) atoms. The van der Waals surface area contributed by atoms with Crippen molar-refractivity contribution in [2.45, 2.75) is 38.1 Å². The lowest BCUT2D eigenvalue weighted by Gasteiger charge is -2.14. The number of sulfonamides is 1. The van der Waals surface area contributed by atoms with Crippen molar-refractivity contribution in [1.82, 2.24) is 25.4 Å². The molecule has 0 aliphatic heterocycles. The van der Waals surface area contributed by atoms with Gasteiger partial charge in [0.1, 0.15) is 0 Å². The highest BCUT2D eigenvalue weighted by molar-refractivity contribution is 7.89. The Kier molecular flexibility index (Phi) is 7.24. The molecule has 0 fully saturated rings. The first-order chi connectivity index (χ1) is 15.7. The van der Waals surface area contributed by atoms with Crippen LogP contribution >= 0.6 is 0 Å². The molecule has 0 saturated carbocycles. The second-order valence-corrected chi connectivity index (χ2v) is 9.34. The SMILES string of the molecule is CCCNS(=O)(=O)c1cccc(C(=O)NNC(=O)c2nn(C(C)C)c(=O)c3ccccc23)c1. The van der Waals surface area contributed by atoms with E-state index < -0.39 is 21.8 Å². The van der Waals surface area contributed by atoms with Gasteiger partial charge in [-0.2, -0.15) is 5.10 Å². The summed E-state index contributed by atoms with van der Waals surface area (Å²) in [6.45, 7) is 5.64. The first-order valence-electron chi connectivity index (χ1n) is 10.4. The monoisotopic (exact) mass is 471 g/mol. The van der Waals surface area contributed by atoms with Gasteiger partial charge in [0.15, 0.2) is 5.69 Å². The molecular weight excluding hydrogens is 446 g/mol. The molecule has 0 saturated heterocycles. The number of carbonyl (C=O) groups is 2. The van der Waals surface area contributed by atoms with Gasteiger partial charge in [0.05, 0.1) is 16.3 Å². The van der Waals surface area contributed by atoms with Crippen LogP contribution in [0.2, 0.25) is 0 Å². The maximum atomic E-state index is 12.8. The van der Waals surface area contributed by atoms with E-state index in [0.29, 0.717) is 17.2 Å². The van der Waals surface area contributed by atoms with Gasteiger partial charge in [-0.3, -0.25) is 25.2 Å². The number of rotatable bonds is 7. The molecule has 0 aliphatic rings. The van der Waals surface area contributed by atoms with Gasteiger partial charge in [0, 0.05) is 17.5 Å². The summed E-state index contributed by atoms with van der Waals surface area (Å²) in [5.74, 6) is -1.43. The van der Waals surface area contributed by atoms with E-state index in [1.165, 1.54) is 28.9 Å². The zero-order chi connectivity index (χ0) is 24.2. The van der Waals surface area contributed by atoms with Crippen molar-refractivity contribution in [2.75, 3.05) is 6.54 Å². The third-order valence-electron chi connectivity index (χ3n) is 4.77. The fourth-order valence-corrected chi connectivity index (χ4v) is 4.27. The normalized spacial score (nSPS) is 11.5. The largest absolute Gasteiger partial charge is 0.290 e. The van der Waals surface area contributed by atoms with E-state index in [9.17, 15) is 22.8 Å². The Hall–Kier alpha value is -3.57. The molecule has 3 aromatic rings. The summed E-state index contributed by atoms with van der Waals surface area (Å²) in [5, 5.41) is 4.86. The van der Waals surface area contributed by atoms with Crippen molar-refractivity contribution >= 4 is 32.6 Å². The summed E-state index contributed by atoms with van der Waals surface area (Å²) in [4.78, 5) is 37.9. The number of hydrogen-bond donors (Lipinski definition) is 3. The third kappa shape index (κ3) is 5.26. The lowest BCUT2D eigenvalue weighted by Crippen LogP contribution is -2.43. The Balaban J connectivity index is 1.83. The van der Waals surface area contributed by atoms with Crippen LogP contribution in [0.25, 0.3) is 10.8 Å². The molecule has 0 unspecified atom stereocenters. The molecule has 11 heteroatoms. The molecule has 0 spiro atoms. The highest BCUT2D eigenvalue weighted by Crippen LogP contribution is 2.15. The van der Waals surface area contributed by atoms with Crippen LogP contribution in [-0.4, -0.2) is 36.6 Å². The van der Waals surface area contributed by atoms with Gasteiger partial charge in [-0.1, -0.05) is 31.2 Å². The maximum Gasteiger partial charge on any atom is 0.290 e. The molecule has 3 rings (SSSR count). The van der Waals surface area contributed by atoms with Crippen LogP contribution in [0.4, 0.5) is 0 Å². The molecule has 0 aliphatic carbocycles. The first kappa shape index (κ1) is 24.1. The number of aromatic nitrogens is 2. The van der Waals surface area contributed by atoms with Crippen molar-refractivity contribution in [3.63, 3.8) is 0 Å². The number of amides is 2. The number of fused-ring (bicyclic) bond motifs is 1. The van der Waals surface area contributed by atoms with Crippen molar-refractivity contribution < 1.29 is 18.0 Å². The zero-order valence-electron chi connectivity index (χ0n) is 18.5. The molecule has 2 amide bonds. The molecule has 0 radical (unpaired) electrons. The van der Waals surface area contributed by atoms with E-state index in [0.717, 1.165) is 0 Å². The number of benzene rings is 2. The van der Waals surface area contributed by atoms with Gasteiger partial charge >= 0.3 is 0 Å². The Morgan fingerprint density at radius 1 is 1.00 bits per heavy atom. The number of hydrazine groups is 1. The Labute approximate surface area is 191 Å². The highest BCUT2D eigenvalue weighted by Gasteiger charge is 2.19. The van der Waals surface area contributed by atoms with Crippen LogP contribution in [0, 0.1) is 0 Å². The van der Waals surface area contributed by atoms with Gasteiger partial charge in [0.2, 0.25) is 10.0 Å². The van der Waals surface area contributed by atoms with Crippen LogP contribution < -0.4 is 21.1 Å². The predicted molar refractivity (Wildman–Crippen MR) is 123 cm³/mol.